The average Bonchev–Trinajstić information content (AvgIpc) is 2.48. The van der Waals surface area contributed by atoms with E-state index in [1.54, 1.807) is 0 Å². The van der Waals surface area contributed by atoms with Crippen molar-refractivity contribution in [1.82, 2.24) is 0 Å². The minimum absolute atomic E-state index is 0.181. The largest absolute Gasteiger partial charge is 0.479 e. The van der Waals surface area contributed by atoms with E-state index in [1.165, 1.54) is 0 Å². The Morgan fingerprint density at radius 1 is 1.10 bits per heavy atom. The van der Waals surface area contributed by atoms with Gasteiger partial charge in [0.25, 0.3) is 0 Å². The molecule has 7 nitrogen and oxygen atoms in total. The monoisotopic (exact) mass is 298 g/mol. The molecule has 116 valence electrons. The second-order valence-electron chi connectivity index (χ2n) is 4.84. The fourth-order valence-corrected chi connectivity index (χ4v) is 2.13. The molecule has 1 aromatic rings. The molecule has 2 rings (SSSR count). The third kappa shape index (κ3) is 3.78. The predicted molar refractivity (Wildman–Crippen MR) is 70.4 cm³/mol. The Balaban J connectivity index is 1.91. The van der Waals surface area contributed by atoms with Gasteiger partial charge in [0, 0.05) is 0 Å². The average molecular weight is 298 g/mol. The van der Waals surface area contributed by atoms with Gasteiger partial charge < -0.3 is 29.9 Å². The lowest BCUT2D eigenvalue weighted by Gasteiger charge is -2.38. The molecule has 1 aliphatic rings. The number of carbonyl (C=O) groups is 1. The maximum Gasteiger partial charge on any atom is 0.335 e. The van der Waals surface area contributed by atoms with Gasteiger partial charge in [-0.15, -0.1) is 0 Å². The van der Waals surface area contributed by atoms with E-state index in [4.69, 9.17) is 14.6 Å². The van der Waals surface area contributed by atoms with E-state index >= 15 is 0 Å². The van der Waals surface area contributed by atoms with E-state index in [2.05, 4.69) is 0 Å². The van der Waals surface area contributed by atoms with Gasteiger partial charge in [-0.2, -0.15) is 0 Å². The summed E-state index contributed by atoms with van der Waals surface area (Å²) >= 11 is 0. The van der Waals surface area contributed by atoms with Crippen LogP contribution in [0.2, 0.25) is 0 Å². The molecule has 5 atom stereocenters. The van der Waals surface area contributed by atoms with Gasteiger partial charge in [0.15, 0.2) is 12.4 Å². The number of rotatable bonds is 5. The Labute approximate surface area is 121 Å². The van der Waals surface area contributed by atoms with Gasteiger partial charge in [0.05, 0.1) is 6.61 Å². The van der Waals surface area contributed by atoms with Crippen LogP contribution in [0.5, 0.6) is 0 Å². The van der Waals surface area contributed by atoms with E-state index in [-0.39, 0.29) is 6.61 Å². The molecule has 0 bridgehead atoms. The third-order valence-corrected chi connectivity index (χ3v) is 3.33. The molecule has 1 saturated heterocycles. The fraction of sp³-hybridized carbons (Fsp3) is 0.500. The lowest BCUT2D eigenvalue weighted by atomic mass is 9.99. The molecule has 0 saturated carbocycles. The quantitative estimate of drug-likeness (QED) is 0.559. The molecule has 1 fully saturated rings. The van der Waals surface area contributed by atoms with Crippen LogP contribution in [0.3, 0.4) is 0 Å². The van der Waals surface area contributed by atoms with Crippen molar-refractivity contribution < 1.29 is 34.7 Å². The maximum atomic E-state index is 10.9. The Bertz CT molecular complexity index is 464. The summed E-state index contributed by atoms with van der Waals surface area (Å²) in [5.41, 5.74) is 1.01. The first kappa shape index (κ1) is 15.9. The molecule has 4 N–H and O–H groups in total. The van der Waals surface area contributed by atoms with Gasteiger partial charge in [-0.05, 0) is 12.0 Å². The van der Waals surface area contributed by atoms with Gasteiger partial charge in [-0.25, -0.2) is 4.79 Å². The number of ether oxygens (including phenoxy) is 2. The van der Waals surface area contributed by atoms with E-state index in [0.717, 1.165) is 5.56 Å². The Kier molecular flexibility index (Phi) is 5.27. The minimum atomic E-state index is -1.70. The van der Waals surface area contributed by atoms with Crippen LogP contribution in [0.1, 0.15) is 5.56 Å². The van der Waals surface area contributed by atoms with Gasteiger partial charge in [0.1, 0.15) is 18.3 Å². The lowest BCUT2D eigenvalue weighted by molar-refractivity contribution is -0.293. The highest BCUT2D eigenvalue weighted by Gasteiger charge is 2.47. The number of hydrogen-bond acceptors (Lipinski definition) is 6. The van der Waals surface area contributed by atoms with Crippen LogP contribution in [0.25, 0.3) is 0 Å². The number of benzene rings is 1. The van der Waals surface area contributed by atoms with Crippen LogP contribution in [-0.4, -0.2) is 63.7 Å². The van der Waals surface area contributed by atoms with Crippen molar-refractivity contribution in [3.63, 3.8) is 0 Å². The van der Waals surface area contributed by atoms with Gasteiger partial charge in [0.2, 0.25) is 0 Å². The van der Waals surface area contributed by atoms with E-state index < -0.39 is 36.7 Å². The van der Waals surface area contributed by atoms with Crippen LogP contribution in [-0.2, 0) is 20.7 Å². The number of aliphatic hydroxyl groups is 3. The number of carboxylic acids is 1. The van der Waals surface area contributed by atoms with Gasteiger partial charge >= 0.3 is 5.97 Å². The SMILES string of the molecule is O=C(O)[C@H]1O[C@@H](OCCc2ccccc2)[C@H](O)[C@@H](O)[C@@H]1O. The van der Waals surface area contributed by atoms with Crippen molar-refractivity contribution in [2.75, 3.05) is 6.61 Å². The molecule has 0 spiro atoms. The summed E-state index contributed by atoms with van der Waals surface area (Å²) in [4.78, 5) is 10.9. The van der Waals surface area contributed by atoms with Crippen LogP contribution in [0, 0.1) is 0 Å². The summed E-state index contributed by atoms with van der Waals surface area (Å²) in [6.07, 6.45) is -7.23. The minimum Gasteiger partial charge on any atom is -0.479 e. The second-order valence-corrected chi connectivity index (χ2v) is 4.84. The first-order chi connectivity index (χ1) is 10.0. The summed E-state index contributed by atoms with van der Waals surface area (Å²) in [5, 5.41) is 37.8. The molecule has 1 aromatic carbocycles. The smallest absolute Gasteiger partial charge is 0.335 e. The summed E-state index contributed by atoms with van der Waals surface area (Å²) in [6.45, 7) is 0.181. The highest BCUT2D eigenvalue weighted by molar-refractivity contribution is 5.73. The van der Waals surface area contributed by atoms with Crippen molar-refractivity contribution in [2.24, 2.45) is 0 Å². The molecule has 0 aromatic heterocycles. The third-order valence-electron chi connectivity index (χ3n) is 3.33. The van der Waals surface area contributed by atoms with Crippen molar-refractivity contribution in [1.29, 1.82) is 0 Å². The van der Waals surface area contributed by atoms with Crippen LogP contribution in [0.4, 0.5) is 0 Å². The topological polar surface area (TPSA) is 116 Å². The van der Waals surface area contributed by atoms with E-state index in [0.29, 0.717) is 6.42 Å². The fourth-order valence-electron chi connectivity index (χ4n) is 2.13. The highest BCUT2D eigenvalue weighted by Crippen LogP contribution is 2.22. The summed E-state index contributed by atoms with van der Waals surface area (Å²) in [5.74, 6) is -1.43. The van der Waals surface area contributed by atoms with Crippen LogP contribution >= 0.6 is 0 Å². The standard InChI is InChI=1S/C14H18O7/c15-9-10(16)12(13(18)19)21-14(11(9)17)20-7-6-8-4-2-1-3-5-8/h1-5,9-12,14-17H,6-7H2,(H,18,19)/t9-,10-,11+,12-,14+/m0/s1. The van der Waals surface area contributed by atoms with E-state index in [9.17, 15) is 20.1 Å². The van der Waals surface area contributed by atoms with E-state index in [1.807, 2.05) is 30.3 Å². The summed E-state index contributed by atoms with van der Waals surface area (Å²) in [7, 11) is 0. The van der Waals surface area contributed by atoms with Crippen LogP contribution < -0.4 is 0 Å². The summed E-state index contributed by atoms with van der Waals surface area (Å²) < 4.78 is 10.3. The van der Waals surface area contributed by atoms with Crippen molar-refractivity contribution in [2.45, 2.75) is 37.1 Å². The molecule has 1 heterocycles. The molecule has 7 heteroatoms. The molecule has 0 unspecified atom stereocenters. The zero-order valence-corrected chi connectivity index (χ0v) is 11.2. The Hall–Kier alpha value is -1.51. The van der Waals surface area contributed by atoms with Crippen molar-refractivity contribution >= 4 is 5.97 Å². The summed E-state index contributed by atoms with van der Waals surface area (Å²) in [6, 6.07) is 9.44. The number of aliphatic hydroxyl groups excluding tert-OH is 3. The zero-order valence-electron chi connectivity index (χ0n) is 11.2. The predicted octanol–water partition coefficient (Wildman–Crippen LogP) is -0.862. The van der Waals surface area contributed by atoms with Crippen molar-refractivity contribution in [3.8, 4) is 0 Å². The highest BCUT2D eigenvalue weighted by atomic mass is 16.7. The first-order valence-corrected chi connectivity index (χ1v) is 6.58. The van der Waals surface area contributed by atoms with Crippen LogP contribution in [0.15, 0.2) is 30.3 Å². The normalized spacial score (nSPS) is 32.8. The molecular formula is C14H18O7. The Morgan fingerprint density at radius 2 is 1.76 bits per heavy atom. The first-order valence-electron chi connectivity index (χ1n) is 6.58. The lowest BCUT2D eigenvalue weighted by Crippen LogP contribution is -2.60. The molecule has 0 aliphatic carbocycles. The number of carboxylic acid groups (broad SMARTS) is 1. The maximum absolute atomic E-state index is 10.9. The number of aliphatic carboxylic acids is 1. The molecule has 0 radical (unpaired) electrons. The Morgan fingerprint density at radius 3 is 2.38 bits per heavy atom. The molecule has 0 amide bonds. The second kappa shape index (κ2) is 6.97. The van der Waals surface area contributed by atoms with Gasteiger partial charge in [-0.3, -0.25) is 0 Å². The number of hydrogen-bond donors (Lipinski definition) is 4. The molecule has 21 heavy (non-hydrogen) atoms. The molecule has 1 aliphatic heterocycles. The van der Waals surface area contributed by atoms with Gasteiger partial charge in [-0.1, -0.05) is 30.3 Å². The van der Waals surface area contributed by atoms with Crippen molar-refractivity contribution in [3.05, 3.63) is 35.9 Å². The zero-order chi connectivity index (χ0) is 15.4. The molecular weight excluding hydrogens is 280 g/mol.